The predicted molar refractivity (Wildman–Crippen MR) is 103 cm³/mol. The molecule has 136 valence electrons. The molecule has 2 N–H and O–H groups in total. The van der Waals surface area contributed by atoms with E-state index in [4.69, 9.17) is 11.6 Å². The molecule has 1 aliphatic carbocycles. The largest absolute Gasteiger partial charge is 0.351 e. The summed E-state index contributed by atoms with van der Waals surface area (Å²) < 4.78 is 0. The first-order valence-corrected chi connectivity index (χ1v) is 8.74. The maximum Gasteiger partial charge on any atom is 0.292 e. The fourth-order valence-electron chi connectivity index (χ4n) is 2.54. The average Bonchev–Trinajstić information content (AvgIpc) is 3.46. The van der Waals surface area contributed by atoms with E-state index in [0.29, 0.717) is 34.2 Å². The monoisotopic (exact) mass is 382 g/mol. The summed E-state index contributed by atoms with van der Waals surface area (Å²) in [5.74, 6) is 0.868. The highest BCUT2D eigenvalue weighted by Gasteiger charge is 2.23. The van der Waals surface area contributed by atoms with Gasteiger partial charge in [0.2, 0.25) is 5.95 Å². The van der Waals surface area contributed by atoms with Gasteiger partial charge < -0.3 is 10.6 Å². The first kappa shape index (κ1) is 17.2. The van der Waals surface area contributed by atoms with Gasteiger partial charge in [-0.1, -0.05) is 17.7 Å². The number of aromatic nitrogens is 3. The molecular formula is C18H15ClN6O2. The van der Waals surface area contributed by atoms with Crippen LogP contribution in [0.25, 0.3) is 11.4 Å². The second kappa shape index (κ2) is 7.16. The lowest BCUT2D eigenvalue weighted by Gasteiger charge is -2.11. The zero-order chi connectivity index (χ0) is 18.8. The second-order valence-electron chi connectivity index (χ2n) is 6.14. The highest BCUT2D eigenvalue weighted by atomic mass is 35.5. The van der Waals surface area contributed by atoms with Gasteiger partial charge in [-0.2, -0.15) is 4.98 Å². The van der Waals surface area contributed by atoms with Gasteiger partial charge in [0.05, 0.1) is 16.3 Å². The summed E-state index contributed by atoms with van der Waals surface area (Å²) in [6, 6.07) is 11.9. The standard InChI is InChI=1S/C18H15ClN6O2/c19-11-4-7-16(25(26)27)15(9-11)22-17-10-14(13-3-1-2-8-20-13)23-18(24-17)21-12-5-6-12/h1-4,7-10,12H,5-6H2,(H2,21,22,23,24). The molecule has 2 heterocycles. The van der Waals surface area contributed by atoms with Crippen molar-refractivity contribution in [1.82, 2.24) is 15.0 Å². The lowest BCUT2D eigenvalue weighted by atomic mass is 10.2. The number of rotatable bonds is 6. The van der Waals surface area contributed by atoms with E-state index < -0.39 is 4.92 Å². The number of halogens is 1. The SMILES string of the molecule is O=[N+]([O-])c1ccc(Cl)cc1Nc1cc(-c2ccccn2)nc(NC2CC2)n1. The maximum atomic E-state index is 11.3. The predicted octanol–water partition coefficient (Wildman–Crippen LogP) is 4.42. The Labute approximate surface area is 159 Å². The van der Waals surface area contributed by atoms with Gasteiger partial charge in [-0.05, 0) is 37.1 Å². The zero-order valence-corrected chi connectivity index (χ0v) is 14.8. The Balaban J connectivity index is 1.73. The van der Waals surface area contributed by atoms with Crippen molar-refractivity contribution in [2.45, 2.75) is 18.9 Å². The van der Waals surface area contributed by atoms with Gasteiger partial charge in [-0.25, -0.2) is 4.98 Å². The number of anilines is 3. The molecule has 0 bridgehead atoms. The van der Waals surface area contributed by atoms with E-state index in [0.717, 1.165) is 12.8 Å². The van der Waals surface area contributed by atoms with Crippen LogP contribution in [0.5, 0.6) is 0 Å². The molecule has 0 saturated heterocycles. The highest BCUT2D eigenvalue weighted by molar-refractivity contribution is 6.31. The summed E-state index contributed by atoms with van der Waals surface area (Å²) >= 11 is 6.01. The molecule has 1 fully saturated rings. The van der Waals surface area contributed by atoms with Gasteiger partial charge in [0.25, 0.3) is 5.69 Å². The highest BCUT2D eigenvalue weighted by Crippen LogP contribution is 2.32. The minimum Gasteiger partial charge on any atom is -0.351 e. The summed E-state index contributed by atoms with van der Waals surface area (Å²) in [6.07, 6.45) is 3.82. The van der Waals surface area contributed by atoms with Crippen LogP contribution in [-0.4, -0.2) is 25.9 Å². The summed E-state index contributed by atoms with van der Waals surface area (Å²) in [5.41, 5.74) is 1.47. The lowest BCUT2D eigenvalue weighted by Crippen LogP contribution is -2.08. The van der Waals surface area contributed by atoms with Crippen molar-refractivity contribution >= 4 is 34.7 Å². The van der Waals surface area contributed by atoms with E-state index in [2.05, 4.69) is 25.6 Å². The second-order valence-corrected chi connectivity index (χ2v) is 6.58. The van der Waals surface area contributed by atoms with Gasteiger partial charge in [-0.15, -0.1) is 0 Å². The number of nitro groups is 1. The first-order valence-electron chi connectivity index (χ1n) is 8.36. The molecule has 0 unspecified atom stereocenters. The molecule has 8 nitrogen and oxygen atoms in total. The third-order valence-corrected chi connectivity index (χ3v) is 4.22. The molecule has 9 heteroatoms. The number of nitrogens with one attached hydrogen (secondary N) is 2. The molecule has 2 aromatic heterocycles. The van der Waals surface area contributed by atoms with E-state index in [9.17, 15) is 10.1 Å². The van der Waals surface area contributed by atoms with E-state index in [1.54, 1.807) is 12.3 Å². The maximum absolute atomic E-state index is 11.3. The van der Waals surface area contributed by atoms with Crippen LogP contribution in [0.15, 0.2) is 48.7 Å². The molecule has 1 saturated carbocycles. The number of hydrogen-bond donors (Lipinski definition) is 2. The summed E-state index contributed by atoms with van der Waals surface area (Å²) in [5, 5.41) is 17.9. The fraction of sp³-hybridized carbons (Fsp3) is 0.167. The number of nitro benzene ring substituents is 1. The van der Waals surface area contributed by atoms with Crippen LogP contribution < -0.4 is 10.6 Å². The Morgan fingerprint density at radius 2 is 1.96 bits per heavy atom. The summed E-state index contributed by atoms with van der Waals surface area (Å²) in [4.78, 5) is 24.1. The van der Waals surface area contributed by atoms with Crippen molar-refractivity contribution in [2.75, 3.05) is 10.6 Å². The zero-order valence-electron chi connectivity index (χ0n) is 14.1. The number of benzene rings is 1. The smallest absolute Gasteiger partial charge is 0.292 e. The van der Waals surface area contributed by atoms with E-state index in [-0.39, 0.29) is 11.4 Å². The number of hydrogen-bond acceptors (Lipinski definition) is 7. The quantitative estimate of drug-likeness (QED) is 0.480. The Kier molecular flexibility index (Phi) is 4.55. The molecule has 3 aromatic rings. The van der Waals surface area contributed by atoms with Crippen LogP contribution >= 0.6 is 11.6 Å². The Bertz CT molecular complexity index is 994. The Morgan fingerprint density at radius 3 is 2.67 bits per heavy atom. The Morgan fingerprint density at radius 1 is 1.11 bits per heavy atom. The van der Waals surface area contributed by atoms with E-state index in [1.165, 1.54) is 18.2 Å². The topological polar surface area (TPSA) is 106 Å². The van der Waals surface area contributed by atoms with E-state index >= 15 is 0 Å². The van der Waals surface area contributed by atoms with E-state index in [1.807, 2.05) is 18.2 Å². The first-order chi connectivity index (χ1) is 13.1. The minimum absolute atomic E-state index is 0.0888. The van der Waals surface area contributed by atoms with Crippen molar-refractivity contribution in [1.29, 1.82) is 0 Å². The van der Waals surface area contributed by atoms with Crippen LogP contribution in [0.2, 0.25) is 5.02 Å². The normalized spacial score (nSPS) is 13.2. The van der Waals surface area contributed by atoms with Gasteiger partial charge in [0.15, 0.2) is 0 Å². The number of nitrogens with zero attached hydrogens (tertiary/aromatic N) is 4. The molecule has 0 aliphatic heterocycles. The van der Waals surface area contributed by atoms with Gasteiger partial charge >= 0.3 is 0 Å². The molecule has 27 heavy (non-hydrogen) atoms. The Hall–Kier alpha value is -3.26. The van der Waals surface area contributed by atoms with Crippen LogP contribution in [-0.2, 0) is 0 Å². The van der Waals surface area contributed by atoms with Crippen molar-refractivity contribution < 1.29 is 4.92 Å². The molecule has 0 amide bonds. The molecule has 1 aromatic carbocycles. The number of pyridine rings is 1. The lowest BCUT2D eigenvalue weighted by molar-refractivity contribution is -0.383. The fourth-order valence-corrected chi connectivity index (χ4v) is 2.71. The third-order valence-electron chi connectivity index (χ3n) is 3.98. The summed E-state index contributed by atoms with van der Waals surface area (Å²) in [7, 11) is 0. The average molecular weight is 383 g/mol. The van der Waals surface area contributed by atoms with Gasteiger partial charge in [0, 0.05) is 29.4 Å². The molecule has 0 radical (unpaired) electrons. The van der Waals surface area contributed by atoms with Gasteiger partial charge in [-0.3, -0.25) is 15.1 Å². The van der Waals surface area contributed by atoms with Crippen molar-refractivity contribution in [2.24, 2.45) is 0 Å². The summed E-state index contributed by atoms with van der Waals surface area (Å²) in [6.45, 7) is 0. The molecular weight excluding hydrogens is 368 g/mol. The van der Waals surface area contributed by atoms with Crippen molar-refractivity contribution in [3.63, 3.8) is 0 Å². The molecule has 4 rings (SSSR count). The molecule has 1 aliphatic rings. The van der Waals surface area contributed by atoms with Crippen molar-refractivity contribution in [3.05, 3.63) is 63.8 Å². The van der Waals surface area contributed by atoms with Crippen LogP contribution in [0.1, 0.15) is 12.8 Å². The van der Waals surface area contributed by atoms with Crippen molar-refractivity contribution in [3.8, 4) is 11.4 Å². The van der Waals surface area contributed by atoms with Crippen LogP contribution in [0, 0.1) is 10.1 Å². The van der Waals surface area contributed by atoms with Gasteiger partial charge in [0.1, 0.15) is 11.5 Å². The van der Waals surface area contributed by atoms with Crippen LogP contribution in [0.4, 0.5) is 23.1 Å². The third kappa shape index (κ3) is 4.12. The van der Waals surface area contributed by atoms with Crippen LogP contribution in [0.3, 0.4) is 0 Å². The molecule has 0 spiro atoms. The molecule has 0 atom stereocenters. The minimum atomic E-state index is -0.469.